The molecule has 0 aliphatic carbocycles. The van der Waals surface area contributed by atoms with E-state index in [1.54, 1.807) is 18.2 Å². The van der Waals surface area contributed by atoms with Gasteiger partial charge in [-0.2, -0.15) is 0 Å². The van der Waals surface area contributed by atoms with Crippen molar-refractivity contribution < 1.29 is 9.72 Å². The zero-order chi connectivity index (χ0) is 18.7. The van der Waals surface area contributed by atoms with E-state index in [2.05, 4.69) is 25.3 Å². The molecule has 1 amide bonds. The van der Waals surface area contributed by atoms with Gasteiger partial charge in [-0.1, -0.05) is 13.8 Å². The maximum atomic E-state index is 11.8. The molecule has 1 heterocycles. The smallest absolute Gasteiger partial charge is 0.269 e. The van der Waals surface area contributed by atoms with Gasteiger partial charge in [-0.05, 0) is 56.4 Å². The van der Waals surface area contributed by atoms with Crippen LogP contribution in [-0.2, 0) is 0 Å². The number of non-ortho nitro benzene ring substituents is 1. The van der Waals surface area contributed by atoms with Crippen LogP contribution >= 0.6 is 0 Å². The third-order valence-corrected chi connectivity index (χ3v) is 4.53. The number of hydrogen-bond donors (Lipinski definition) is 1. The topological polar surface area (TPSA) is 91.2 Å². The SMILES string of the molecule is Cc1c(C(N)=O)cc(-c2ccc([N+](=O)[O-])cc2)n1C(C)CCC(C)C. The summed E-state index contributed by atoms with van der Waals surface area (Å²) in [5.41, 5.74) is 8.57. The first-order valence-electron chi connectivity index (χ1n) is 8.48. The van der Waals surface area contributed by atoms with E-state index in [1.165, 1.54) is 12.1 Å². The summed E-state index contributed by atoms with van der Waals surface area (Å²) in [6.07, 6.45) is 2.05. The summed E-state index contributed by atoms with van der Waals surface area (Å²) in [5.74, 6) is 0.132. The van der Waals surface area contributed by atoms with Crippen molar-refractivity contribution in [2.45, 2.75) is 46.6 Å². The van der Waals surface area contributed by atoms with E-state index >= 15 is 0 Å². The molecule has 1 unspecified atom stereocenters. The molecule has 6 heteroatoms. The Morgan fingerprint density at radius 3 is 2.28 bits per heavy atom. The highest BCUT2D eigenvalue weighted by molar-refractivity contribution is 5.95. The van der Waals surface area contributed by atoms with Crippen LogP contribution in [0.15, 0.2) is 30.3 Å². The van der Waals surface area contributed by atoms with E-state index in [1.807, 2.05) is 6.92 Å². The first-order valence-corrected chi connectivity index (χ1v) is 8.48. The van der Waals surface area contributed by atoms with Crippen LogP contribution in [-0.4, -0.2) is 15.4 Å². The maximum absolute atomic E-state index is 11.8. The number of aromatic nitrogens is 1. The maximum Gasteiger partial charge on any atom is 0.269 e. The molecule has 0 aliphatic rings. The average Bonchev–Trinajstić information content (AvgIpc) is 2.90. The van der Waals surface area contributed by atoms with Gasteiger partial charge < -0.3 is 10.3 Å². The molecule has 2 N–H and O–H groups in total. The minimum Gasteiger partial charge on any atom is -0.366 e. The van der Waals surface area contributed by atoms with Gasteiger partial charge in [0.2, 0.25) is 0 Å². The second-order valence-electron chi connectivity index (χ2n) is 6.89. The fourth-order valence-electron chi connectivity index (χ4n) is 3.12. The molecule has 0 aliphatic heterocycles. The largest absolute Gasteiger partial charge is 0.366 e. The number of amides is 1. The van der Waals surface area contributed by atoms with Crippen LogP contribution < -0.4 is 5.73 Å². The lowest BCUT2D eigenvalue weighted by atomic mass is 10.0. The van der Waals surface area contributed by atoms with Crippen molar-refractivity contribution in [3.8, 4) is 11.3 Å². The number of nitrogens with two attached hydrogens (primary N) is 1. The molecule has 2 rings (SSSR count). The van der Waals surface area contributed by atoms with E-state index < -0.39 is 10.8 Å². The summed E-state index contributed by atoms with van der Waals surface area (Å²) < 4.78 is 2.11. The minimum atomic E-state index is -0.463. The van der Waals surface area contributed by atoms with E-state index in [0.29, 0.717) is 11.5 Å². The molecular weight excluding hydrogens is 318 g/mol. The van der Waals surface area contributed by atoms with E-state index in [0.717, 1.165) is 29.8 Å². The van der Waals surface area contributed by atoms with Gasteiger partial charge in [0.05, 0.1) is 10.5 Å². The van der Waals surface area contributed by atoms with Gasteiger partial charge >= 0.3 is 0 Å². The normalized spacial score (nSPS) is 12.4. The highest BCUT2D eigenvalue weighted by Crippen LogP contribution is 2.32. The fourth-order valence-corrected chi connectivity index (χ4v) is 3.12. The average molecular weight is 343 g/mol. The molecule has 0 radical (unpaired) electrons. The second kappa shape index (κ2) is 7.51. The molecule has 6 nitrogen and oxygen atoms in total. The first kappa shape index (κ1) is 18.7. The van der Waals surface area contributed by atoms with Gasteiger partial charge in [0.25, 0.3) is 11.6 Å². The van der Waals surface area contributed by atoms with Crippen LogP contribution in [0.4, 0.5) is 5.69 Å². The van der Waals surface area contributed by atoms with Crippen LogP contribution in [0.1, 0.15) is 55.7 Å². The number of nitrogens with zero attached hydrogens (tertiary/aromatic N) is 2. The molecule has 1 atom stereocenters. The van der Waals surface area contributed by atoms with Gasteiger partial charge in [-0.15, -0.1) is 0 Å². The van der Waals surface area contributed by atoms with Crippen LogP contribution in [0.25, 0.3) is 11.3 Å². The first-order chi connectivity index (χ1) is 11.7. The van der Waals surface area contributed by atoms with Gasteiger partial charge in [-0.25, -0.2) is 0 Å². The zero-order valence-corrected chi connectivity index (χ0v) is 15.2. The van der Waals surface area contributed by atoms with Crippen molar-refractivity contribution in [2.75, 3.05) is 0 Å². The summed E-state index contributed by atoms with van der Waals surface area (Å²) >= 11 is 0. The van der Waals surface area contributed by atoms with Crippen molar-refractivity contribution in [3.63, 3.8) is 0 Å². The Hall–Kier alpha value is -2.63. The molecule has 25 heavy (non-hydrogen) atoms. The Kier molecular flexibility index (Phi) is 5.62. The van der Waals surface area contributed by atoms with Crippen molar-refractivity contribution in [3.05, 3.63) is 51.7 Å². The van der Waals surface area contributed by atoms with Gasteiger partial charge in [0, 0.05) is 29.6 Å². The van der Waals surface area contributed by atoms with Crippen molar-refractivity contribution in [1.82, 2.24) is 4.57 Å². The Bertz CT molecular complexity index is 776. The van der Waals surface area contributed by atoms with Gasteiger partial charge in [0.15, 0.2) is 0 Å². The molecule has 0 saturated carbocycles. The summed E-state index contributed by atoms with van der Waals surface area (Å²) in [6.45, 7) is 8.37. The Labute approximate surface area is 147 Å². The Morgan fingerprint density at radius 1 is 1.20 bits per heavy atom. The number of hydrogen-bond acceptors (Lipinski definition) is 3. The Balaban J connectivity index is 2.50. The molecule has 2 aromatic rings. The monoisotopic (exact) mass is 343 g/mol. The van der Waals surface area contributed by atoms with Crippen LogP contribution in [0.5, 0.6) is 0 Å². The molecule has 0 bridgehead atoms. The number of nitro benzene ring substituents is 1. The molecule has 0 spiro atoms. The highest BCUT2D eigenvalue weighted by atomic mass is 16.6. The highest BCUT2D eigenvalue weighted by Gasteiger charge is 2.20. The third kappa shape index (κ3) is 4.07. The fraction of sp³-hybridized carbons (Fsp3) is 0.421. The quantitative estimate of drug-likeness (QED) is 0.594. The molecule has 0 saturated heterocycles. The lowest BCUT2D eigenvalue weighted by molar-refractivity contribution is -0.384. The number of carbonyl (C=O) groups excluding carboxylic acids is 1. The van der Waals surface area contributed by atoms with E-state index in [4.69, 9.17) is 5.73 Å². The number of benzene rings is 1. The second-order valence-corrected chi connectivity index (χ2v) is 6.89. The van der Waals surface area contributed by atoms with Crippen LogP contribution in [0, 0.1) is 23.0 Å². The van der Waals surface area contributed by atoms with Gasteiger partial charge in [-0.3, -0.25) is 14.9 Å². The third-order valence-electron chi connectivity index (χ3n) is 4.53. The van der Waals surface area contributed by atoms with Gasteiger partial charge in [0.1, 0.15) is 0 Å². The van der Waals surface area contributed by atoms with Crippen molar-refractivity contribution in [2.24, 2.45) is 11.7 Å². The van der Waals surface area contributed by atoms with E-state index in [-0.39, 0.29) is 11.7 Å². The standard InChI is InChI=1S/C19H25N3O3/c1-12(2)5-6-13(3)21-14(4)17(19(20)23)11-18(21)15-7-9-16(10-8-15)22(24)25/h7-13H,5-6H2,1-4H3,(H2,20,23). The van der Waals surface area contributed by atoms with Crippen molar-refractivity contribution in [1.29, 1.82) is 0 Å². The molecule has 1 aromatic heterocycles. The minimum absolute atomic E-state index is 0.0431. The Morgan fingerprint density at radius 2 is 1.80 bits per heavy atom. The lowest BCUT2D eigenvalue weighted by Crippen LogP contribution is -2.14. The number of nitro groups is 1. The summed E-state index contributed by atoms with van der Waals surface area (Å²) in [7, 11) is 0. The number of carbonyl (C=O) groups is 1. The summed E-state index contributed by atoms with van der Waals surface area (Å²) in [5, 5.41) is 10.9. The predicted octanol–water partition coefficient (Wildman–Crippen LogP) is 4.47. The molecule has 134 valence electrons. The van der Waals surface area contributed by atoms with Crippen LogP contribution in [0.2, 0.25) is 0 Å². The summed E-state index contributed by atoms with van der Waals surface area (Å²) in [4.78, 5) is 22.2. The zero-order valence-electron chi connectivity index (χ0n) is 15.2. The molecule has 0 fully saturated rings. The van der Waals surface area contributed by atoms with Crippen molar-refractivity contribution >= 4 is 11.6 Å². The number of primary amides is 1. The van der Waals surface area contributed by atoms with Crippen LogP contribution in [0.3, 0.4) is 0 Å². The van der Waals surface area contributed by atoms with E-state index in [9.17, 15) is 14.9 Å². The lowest BCUT2D eigenvalue weighted by Gasteiger charge is -2.21. The summed E-state index contributed by atoms with van der Waals surface area (Å²) in [6, 6.07) is 8.35. The predicted molar refractivity (Wildman–Crippen MR) is 98.6 cm³/mol. The molecule has 1 aromatic carbocycles. The molecular formula is C19H25N3O3. The number of rotatable bonds is 7.